The average molecular weight is 1610 g/mol. The molecule has 8 N–H and O–H groups in total. The Bertz CT molecular complexity index is 3570. The molecule has 632 valence electrons. The summed E-state index contributed by atoms with van der Waals surface area (Å²) in [6, 6.07) is 62.2. The van der Waals surface area contributed by atoms with Gasteiger partial charge < -0.3 is 78.7 Å². The van der Waals surface area contributed by atoms with Crippen LogP contribution >= 0.6 is 0 Å². The number of aliphatic hydroxyl groups excluding tert-OH is 8. The SMILES string of the molecule is CC(C)(c1ccc(OC[C@@H](O)CF)cc1)c1ccc(OC[C@H](O)CN2CC2)cc1.CC(C)(c1ccc(OC[C@@H](O)CN2CC2)cc1)c1ccc(OC[C@@H](O)CF)cc1.CC(C)(c1ccc(OC[C@H](O)CF)cc1)c1ccc(OC[C@@H](O)CN2CC2)cc1.CC(C)(c1ccc(OC[C@H](O)CF)cc1)c1ccc(OC[C@H](O)CN2CC2)cc1. The third-order valence-electron chi connectivity index (χ3n) is 20.9. The van der Waals surface area contributed by atoms with Crippen LogP contribution in [0.15, 0.2) is 194 Å². The summed E-state index contributed by atoms with van der Waals surface area (Å²) in [6.07, 6.45) is -6.28. The first-order chi connectivity index (χ1) is 55.5. The third-order valence-corrected chi connectivity index (χ3v) is 20.9. The molecule has 8 atom stereocenters. The van der Waals surface area contributed by atoms with Gasteiger partial charge in [-0.2, -0.15) is 0 Å². The summed E-state index contributed by atoms with van der Waals surface area (Å²) in [7, 11) is 0. The molecule has 8 aromatic carbocycles. The second-order valence-electron chi connectivity index (χ2n) is 32.2. The van der Waals surface area contributed by atoms with Crippen molar-refractivity contribution < 1.29 is 96.3 Å². The van der Waals surface area contributed by atoms with E-state index in [4.69, 9.17) is 37.9 Å². The van der Waals surface area contributed by atoms with Gasteiger partial charge in [0.2, 0.25) is 0 Å². The Morgan fingerprint density at radius 1 is 0.216 bits per heavy atom. The molecule has 4 fully saturated rings. The Hall–Kier alpha value is -8.60. The van der Waals surface area contributed by atoms with Crippen LogP contribution in [0.3, 0.4) is 0 Å². The van der Waals surface area contributed by atoms with Gasteiger partial charge in [-0.25, -0.2) is 17.6 Å². The lowest BCUT2D eigenvalue weighted by Gasteiger charge is -2.26. The number of ether oxygens (including phenoxy) is 8. The average Bonchev–Trinajstić information content (AvgIpc) is 1.28. The molecule has 0 bridgehead atoms. The second kappa shape index (κ2) is 44.3. The lowest BCUT2D eigenvalue weighted by atomic mass is 9.78. The van der Waals surface area contributed by atoms with Gasteiger partial charge in [0.15, 0.2) is 0 Å². The van der Waals surface area contributed by atoms with Crippen molar-refractivity contribution in [3.05, 3.63) is 239 Å². The first kappa shape index (κ1) is 91.3. The van der Waals surface area contributed by atoms with Gasteiger partial charge in [0.25, 0.3) is 0 Å². The molecule has 0 aromatic heterocycles. The lowest BCUT2D eigenvalue weighted by molar-refractivity contribution is 0.0841. The number of rotatable bonds is 44. The minimum absolute atomic E-state index is 0.0621. The van der Waals surface area contributed by atoms with Gasteiger partial charge in [-0.3, -0.25) is 19.6 Å². The van der Waals surface area contributed by atoms with Crippen molar-refractivity contribution in [1.29, 1.82) is 0 Å². The summed E-state index contributed by atoms with van der Waals surface area (Å²) < 4.78 is 93.6. The summed E-state index contributed by atoms with van der Waals surface area (Å²) in [4.78, 5) is 8.66. The Morgan fingerprint density at radius 2 is 0.328 bits per heavy atom. The molecule has 4 aliphatic rings. The fraction of sp³-hybridized carbons (Fsp3) is 0.478. The van der Waals surface area contributed by atoms with Crippen molar-refractivity contribution in [3.8, 4) is 46.0 Å². The molecule has 116 heavy (non-hydrogen) atoms. The highest BCUT2D eigenvalue weighted by Crippen LogP contribution is 2.38. The highest BCUT2D eigenvalue weighted by molar-refractivity contribution is 5.46. The van der Waals surface area contributed by atoms with Gasteiger partial charge in [0, 0.05) is 100 Å². The number of nitrogens with zero attached hydrogens (tertiary/aromatic N) is 4. The number of benzene rings is 8. The molecule has 20 nitrogen and oxygen atoms in total. The van der Waals surface area contributed by atoms with E-state index in [1.807, 2.05) is 194 Å². The summed E-state index contributed by atoms with van der Waals surface area (Å²) in [5.74, 6) is 5.36. The zero-order valence-corrected chi connectivity index (χ0v) is 68.2. The minimum Gasteiger partial charge on any atom is -0.491 e. The van der Waals surface area contributed by atoms with E-state index in [0.29, 0.717) is 49.2 Å². The van der Waals surface area contributed by atoms with Crippen molar-refractivity contribution >= 4 is 0 Å². The third kappa shape index (κ3) is 30.1. The predicted octanol–water partition coefficient (Wildman–Crippen LogP) is 11.1. The molecule has 24 heteroatoms. The Balaban J connectivity index is 0.000000177. The van der Waals surface area contributed by atoms with Crippen molar-refractivity contribution in [2.24, 2.45) is 0 Å². The monoisotopic (exact) mass is 1610 g/mol. The highest BCUT2D eigenvalue weighted by Gasteiger charge is 2.30. The number of hydrogen-bond donors (Lipinski definition) is 8. The van der Waals surface area contributed by atoms with Crippen molar-refractivity contribution in [2.75, 3.05) is 158 Å². The molecule has 12 rings (SSSR count). The maximum atomic E-state index is 12.3. The molecule has 0 saturated carbocycles. The normalized spacial score (nSPS) is 16.3. The quantitative estimate of drug-likeness (QED) is 0.0131. The van der Waals surface area contributed by atoms with Gasteiger partial charge in [0.05, 0.1) is 0 Å². The van der Waals surface area contributed by atoms with Gasteiger partial charge in [-0.05, 0) is 142 Å². The van der Waals surface area contributed by atoms with E-state index >= 15 is 0 Å². The number of halogens is 4. The summed E-state index contributed by atoms with van der Waals surface area (Å²) in [5, 5.41) is 76.8. The molecule has 0 aliphatic carbocycles. The number of aliphatic hydroxyl groups is 8. The zero-order valence-electron chi connectivity index (χ0n) is 68.2. The van der Waals surface area contributed by atoms with Gasteiger partial charge in [-0.15, -0.1) is 0 Å². The van der Waals surface area contributed by atoms with Gasteiger partial charge in [-0.1, -0.05) is 152 Å². The maximum absolute atomic E-state index is 12.3. The number of β-amino-alcohol motifs (C(OH)–C–C–N with tert-alkyl or cyclic N) is 4. The van der Waals surface area contributed by atoms with E-state index in [0.717, 1.165) is 120 Å². The second-order valence-corrected chi connectivity index (χ2v) is 32.2. The Labute approximate surface area is 681 Å². The van der Waals surface area contributed by atoms with Crippen LogP contribution in [0.4, 0.5) is 17.6 Å². The van der Waals surface area contributed by atoms with Crippen LogP contribution in [0.1, 0.15) is 99.9 Å². The van der Waals surface area contributed by atoms with Gasteiger partial charge >= 0.3 is 0 Å². The van der Waals surface area contributed by atoms with Crippen molar-refractivity contribution in [1.82, 2.24) is 19.6 Å². The smallest absolute Gasteiger partial charge is 0.119 e. The van der Waals surface area contributed by atoms with Crippen LogP contribution in [0.5, 0.6) is 46.0 Å². The summed E-state index contributed by atoms with van der Waals surface area (Å²) >= 11 is 0. The number of alkyl halides is 4. The van der Waals surface area contributed by atoms with E-state index < -0.39 is 75.5 Å². The molecule has 0 radical (unpaired) electrons. The molecule has 4 heterocycles. The minimum atomic E-state index is -1.10. The molecule has 8 aromatic rings. The number of hydrogen-bond acceptors (Lipinski definition) is 20. The van der Waals surface area contributed by atoms with Crippen LogP contribution in [0.25, 0.3) is 0 Å². The Kier molecular flexibility index (Phi) is 34.8. The van der Waals surface area contributed by atoms with E-state index in [2.05, 4.69) is 75.0 Å². The molecular formula is C92H120F4N4O16. The summed E-state index contributed by atoms with van der Waals surface area (Å²) in [6.45, 7) is 25.9. The Morgan fingerprint density at radius 3 is 0.431 bits per heavy atom. The van der Waals surface area contributed by atoms with Crippen molar-refractivity contribution in [3.63, 3.8) is 0 Å². The molecular weight excluding hydrogens is 1490 g/mol. The first-order valence-electron chi connectivity index (χ1n) is 40.0. The predicted molar refractivity (Wildman–Crippen MR) is 442 cm³/mol. The van der Waals surface area contributed by atoms with Crippen LogP contribution < -0.4 is 37.9 Å². The fourth-order valence-electron chi connectivity index (χ4n) is 12.5. The van der Waals surface area contributed by atoms with Gasteiger partial charge in [0.1, 0.15) is 174 Å². The molecule has 0 unspecified atom stereocenters. The van der Waals surface area contributed by atoms with E-state index in [9.17, 15) is 58.4 Å². The first-order valence-corrected chi connectivity index (χ1v) is 40.0. The lowest BCUT2D eigenvalue weighted by Crippen LogP contribution is -2.26. The van der Waals surface area contributed by atoms with E-state index in [1.54, 1.807) is 0 Å². The van der Waals surface area contributed by atoms with Crippen molar-refractivity contribution in [2.45, 2.75) is 126 Å². The molecule has 0 spiro atoms. The zero-order chi connectivity index (χ0) is 83.4. The van der Waals surface area contributed by atoms with Crippen LogP contribution in [0, 0.1) is 0 Å². The maximum Gasteiger partial charge on any atom is 0.119 e. The standard InChI is InChI=1S/4C23H30FNO4/c4*1-23(2,17-3-7-21(8-4-17)28-15-19(26)13-24)18-5-9-22(10-6-18)29-16-20(27)14-25-11-12-25/h4*3-10,19-20,26-27H,11-16H2,1-2H3/t2*19-,20+;2*19-,20-/m1010/s1. The van der Waals surface area contributed by atoms with E-state index in [1.165, 1.54) is 0 Å². The molecule has 4 saturated heterocycles. The van der Waals surface area contributed by atoms with Crippen LogP contribution in [-0.4, -0.2) is 267 Å². The topological polar surface area (TPSA) is 248 Å². The van der Waals surface area contributed by atoms with E-state index in [-0.39, 0.29) is 74.5 Å². The van der Waals surface area contributed by atoms with Crippen LogP contribution in [-0.2, 0) is 21.7 Å². The van der Waals surface area contributed by atoms with Crippen LogP contribution in [0.2, 0.25) is 0 Å². The molecule has 0 amide bonds. The fourth-order valence-corrected chi connectivity index (χ4v) is 12.5. The largest absolute Gasteiger partial charge is 0.491 e. The highest BCUT2D eigenvalue weighted by atomic mass is 19.1. The molecule has 4 aliphatic heterocycles. The summed E-state index contributed by atoms with van der Waals surface area (Å²) in [5.41, 5.74) is 8.07.